The van der Waals surface area contributed by atoms with Crippen LogP contribution in [-0.2, 0) is 9.53 Å². The third kappa shape index (κ3) is 3.93. The lowest BCUT2D eigenvalue weighted by Crippen LogP contribution is -2.52. The molecule has 0 amide bonds. The largest absolute Gasteiger partial charge is 0.463 e. The van der Waals surface area contributed by atoms with Gasteiger partial charge in [-0.3, -0.25) is 9.69 Å². The summed E-state index contributed by atoms with van der Waals surface area (Å²) in [6.45, 7) is 3.85. The van der Waals surface area contributed by atoms with E-state index in [2.05, 4.69) is 103 Å². The summed E-state index contributed by atoms with van der Waals surface area (Å²) in [5.74, 6) is 0.122. The smallest absolute Gasteiger partial charge is 0.320 e. The first-order valence-electron chi connectivity index (χ1n) is 10.7. The molecule has 4 rings (SSSR count). The van der Waals surface area contributed by atoms with Gasteiger partial charge in [0.1, 0.15) is 42.1 Å². The van der Waals surface area contributed by atoms with E-state index in [-0.39, 0.29) is 11.8 Å². The van der Waals surface area contributed by atoms with Gasteiger partial charge in [-0.2, -0.15) is 0 Å². The van der Waals surface area contributed by atoms with Gasteiger partial charge in [0, 0.05) is 6.54 Å². The monoisotopic (exact) mass is 418 g/mol. The highest BCUT2D eigenvalue weighted by Crippen LogP contribution is 2.62. The lowest BCUT2D eigenvalue weighted by atomic mass is 10.3. The van der Waals surface area contributed by atoms with Crippen molar-refractivity contribution in [2.24, 2.45) is 0 Å². The Kier molecular flexibility index (Phi) is 6.62. The number of esters is 1. The van der Waals surface area contributed by atoms with Crippen LogP contribution in [0.3, 0.4) is 0 Å². The number of cyclic esters (lactones) is 1. The second kappa shape index (κ2) is 9.55. The van der Waals surface area contributed by atoms with E-state index in [1.165, 1.54) is 15.9 Å². The van der Waals surface area contributed by atoms with Crippen molar-refractivity contribution in [1.82, 2.24) is 4.90 Å². The molecule has 1 unspecified atom stereocenters. The van der Waals surface area contributed by atoms with Crippen LogP contribution in [0, 0.1) is 0 Å². The minimum Gasteiger partial charge on any atom is -0.463 e. The topological polar surface area (TPSA) is 29.5 Å². The number of carbonyl (C=O) groups excluding carboxylic acids is 1. The Balaban J connectivity index is 2.01. The molecule has 30 heavy (non-hydrogen) atoms. The molecule has 0 aliphatic carbocycles. The van der Waals surface area contributed by atoms with E-state index in [1.807, 2.05) is 0 Å². The van der Waals surface area contributed by atoms with E-state index in [1.54, 1.807) is 0 Å². The summed E-state index contributed by atoms with van der Waals surface area (Å²) in [5.41, 5.74) is 0. The van der Waals surface area contributed by atoms with Crippen molar-refractivity contribution in [1.29, 1.82) is 0 Å². The number of hydrogen-bond donors (Lipinski definition) is 0. The maximum Gasteiger partial charge on any atom is 0.320 e. The summed E-state index contributed by atoms with van der Waals surface area (Å²) in [6.07, 6.45) is 2.09. The average molecular weight is 418 g/mol. The molecule has 0 saturated carbocycles. The molecule has 1 aliphatic rings. The number of benzene rings is 3. The Morgan fingerprint density at radius 1 is 0.833 bits per heavy atom. The molecule has 3 aromatic rings. The predicted octanol–water partition coefficient (Wildman–Crippen LogP) is 3.97. The van der Waals surface area contributed by atoms with Gasteiger partial charge in [-0.25, -0.2) is 0 Å². The highest BCUT2D eigenvalue weighted by atomic mass is 31.2. The molecule has 0 bridgehead atoms. The fourth-order valence-electron chi connectivity index (χ4n) is 4.65. The molecule has 0 radical (unpaired) electrons. The van der Waals surface area contributed by atoms with Crippen molar-refractivity contribution in [2.75, 3.05) is 19.7 Å². The fraction of sp³-hybridized carbons (Fsp3) is 0.269. The van der Waals surface area contributed by atoms with Crippen LogP contribution in [0.4, 0.5) is 0 Å². The van der Waals surface area contributed by atoms with E-state index in [0.29, 0.717) is 13.2 Å². The Morgan fingerprint density at radius 2 is 1.30 bits per heavy atom. The third-order valence-electron chi connectivity index (χ3n) is 5.88. The molecule has 1 heterocycles. The lowest BCUT2D eigenvalue weighted by Gasteiger charge is -2.41. The number of hydrogen-bond acceptors (Lipinski definition) is 3. The van der Waals surface area contributed by atoms with Gasteiger partial charge >= 0.3 is 5.97 Å². The van der Waals surface area contributed by atoms with Gasteiger partial charge in [0.25, 0.3) is 0 Å². The summed E-state index contributed by atoms with van der Waals surface area (Å²) in [7, 11) is -2.06. The third-order valence-corrected chi connectivity index (χ3v) is 10.7. The van der Waals surface area contributed by atoms with Crippen molar-refractivity contribution in [3.63, 3.8) is 0 Å². The SMILES string of the molecule is CCCC(N1CCOC(=O)C1)[P+](c1ccccc1)(c1ccccc1)c1ccccc1. The fourth-order valence-corrected chi connectivity index (χ4v) is 9.84. The van der Waals surface area contributed by atoms with Crippen molar-refractivity contribution >= 4 is 29.1 Å². The molecule has 0 spiro atoms. The van der Waals surface area contributed by atoms with E-state index >= 15 is 0 Å². The molecular weight excluding hydrogens is 389 g/mol. The number of rotatable bonds is 7. The maximum atomic E-state index is 12.3. The molecule has 3 nitrogen and oxygen atoms in total. The van der Waals surface area contributed by atoms with Crippen LogP contribution >= 0.6 is 7.26 Å². The van der Waals surface area contributed by atoms with Crippen LogP contribution in [0.1, 0.15) is 19.8 Å². The molecule has 0 N–H and O–H groups in total. The highest BCUT2D eigenvalue weighted by Gasteiger charge is 2.54. The maximum absolute atomic E-state index is 12.3. The van der Waals surface area contributed by atoms with E-state index in [0.717, 1.165) is 19.4 Å². The Labute approximate surface area is 180 Å². The second-order valence-corrected chi connectivity index (χ2v) is 11.3. The zero-order valence-electron chi connectivity index (χ0n) is 17.5. The van der Waals surface area contributed by atoms with Gasteiger partial charge in [0.05, 0.1) is 0 Å². The van der Waals surface area contributed by atoms with Crippen LogP contribution in [0.25, 0.3) is 0 Å². The Hall–Kier alpha value is -2.48. The lowest BCUT2D eigenvalue weighted by molar-refractivity contribution is -0.150. The molecule has 1 aliphatic heterocycles. The van der Waals surface area contributed by atoms with Gasteiger partial charge in [-0.1, -0.05) is 67.9 Å². The summed E-state index contributed by atoms with van der Waals surface area (Å²) in [4.78, 5) is 14.7. The number of carbonyl (C=O) groups is 1. The van der Waals surface area contributed by atoms with Gasteiger partial charge in [-0.05, 0) is 42.8 Å². The summed E-state index contributed by atoms with van der Waals surface area (Å²) in [6, 6.07) is 32.8. The summed E-state index contributed by atoms with van der Waals surface area (Å²) >= 11 is 0. The quantitative estimate of drug-likeness (QED) is 0.430. The normalized spacial score (nSPS) is 16.1. The number of nitrogens with zero attached hydrogens (tertiary/aromatic N) is 1. The summed E-state index contributed by atoms with van der Waals surface area (Å²) < 4.78 is 5.30. The summed E-state index contributed by atoms with van der Waals surface area (Å²) in [5, 5.41) is 4.08. The molecule has 154 valence electrons. The van der Waals surface area contributed by atoms with E-state index in [4.69, 9.17) is 4.74 Å². The zero-order chi connectivity index (χ0) is 20.8. The van der Waals surface area contributed by atoms with Crippen LogP contribution in [0.15, 0.2) is 91.0 Å². The number of morpholine rings is 1. The first kappa shape index (κ1) is 20.8. The average Bonchev–Trinajstić information content (AvgIpc) is 2.81. The molecule has 3 aromatic carbocycles. The van der Waals surface area contributed by atoms with Gasteiger partial charge in [0.2, 0.25) is 0 Å². The Morgan fingerprint density at radius 3 is 1.70 bits per heavy atom. The van der Waals surface area contributed by atoms with Crippen LogP contribution < -0.4 is 15.9 Å². The van der Waals surface area contributed by atoms with Gasteiger partial charge in [0.15, 0.2) is 0 Å². The van der Waals surface area contributed by atoms with E-state index < -0.39 is 7.26 Å². The first-order valence-corrected chi connectivity index (χ1v) is 12.6. The van der Waals surface area contributed by atoms with Crippen molar-refractivity contribution in [3.8, 4) is 0 Å². The van der Waals surface area contributed by atoms with Gasteiger partial charge < -0.3 is 4.74 Å². The minimum atomic E-state index is -2.06. The number of ether oxygens (including phenoxy) is 1. The van der Waals surface area contributed by atoms with Crippen molar-refractivity contribution in [2.45, 2.75) is 25.5 Å². The predicted molar refractivity (Wildman–Crippen MR) is 126 cm³/mol. The van der Waals surface area contributed by atoms with Crippen LogP contribution in [0.2, 0.25) is 0 Å². The Bertz CT molecular complexity index is 850. The van der Waals surface area contributed by atoms with Crippen molar-refractivity contribution < 1.29 is 9.53 Å². The van der Waals surface area contributed by atoms with E-state index in [9.17, 15) is 4.79 Å². The van der Waals surface area contributed by atoms with Gasteiger partial charge in [-0.15, -0.1) is 0 Å². The minimum absolute atomic E-state index is 0.116. The molecule has 0 aromatic heterocycles. The van der Waals surface area contributed by atoms with Crippen LogP contribution in [-0.4, -0.2) is 36.3 Å². The van der Waals surface area contributed by atoms with Crippen LogP contribution in [0.5, 0.6) is 0 Å². The molecule has 1 fully saturated rings. The van der Waals surface area contributed by atoms with Crippen molar-refractivity contribution in [3.05, 3.63) is 91.0 Å². The standard InChI is InChI=1S/C26H29NO2P/c1-2-12-25(27-19-20-29-26(28)21-27)30(22-13-6-3-7-14-22,23-15-8-4-9-16-23)24-17-10-5-11-18-24/h3-11,13-18,25H,2,12,19-21H2,1H3/q+1. The second-order valence-electron chi connectivity index (χ2n) is 7.69. The highest BCUT2D eigenvalue weighted by molar-refractivity contribution is 7.96. The zero-order valence-corrected chi connectivity index (χ0v) is 18.4. The molecule has 4 heteroatoms. The molecule has 1 atom stereocenters. The molecule has 1 saturated heterocycles. The first-order chi connectivity index (χ1) is 14.8. The molecular formula is C26H29NO2P+.